The van der Waals surface area contributed by atoms with Gasteiger partial charge in [-0.2, -0.15) is 0 Å². The minimum atomic E-state index is 0.0251. The van der Waals surface area contributed by atoms with Gasteiger partial charge in [-0.15, -0.1) is 11.3 Å². The first-order chi connectivity index (χ1) is 11.8. The maximum atomic E-state index is 12.7. The van der Waals surface area contributed by atoms with Crippen LogP contribution in [0.5, 0.6) is 0 Å². The Hall–Kier alpha value is -2.47. The molecule has 4 heterocycles. The van der Waals surface area contributed by atoms with E-state index in [0.29, 0.717) is 18.7 Å². The summed E-state index contributed by atoms with van der Waals surface area (Å²) in [6, 6.07) is 7.94. The second-order valence-corrected chi connectivity index (χ2v) is 6.75. The molecule has 1 aliphatic heterocycles. The standard InChI is InChI=1S/C18H18N4OS/c1-2-14-6-5-13(10-19-14)18(23)21-7-8-22-15(11-20-17(22)12-21)16-4-3-9-24-16/h3-6,9-11H,2,7-8,12H2,1H3. The Morgan fingerprint density at radius 3 is 2.83 bits per heavy atom. The molecule has 0 aliphatic carbocycles. The number of pyridine rings is 1. The van der Waals surface area contributed by atoms with Gasteiger partial charge in [0.1, 0.15) is 5.82 Å². The van der Waals surface area contributed by atoms with Gasteiger partial charge in [-0.3, -0.25) is 9.78 Å². The first-order valence-corrected chi connectivity index (χ1v) is 8.96. The lowest BCUT2D eigenvalue weighted by molar-refractivity contribution is 0.0707. The van der Waals surface area contributed by atoms with E-state index in [2.05, 4.69) is 32.9 Å². The predicted octanol–water partition coefficient (Wildman–Crippen LogP) is 3.23. The molecule has 24 heavy (non-hydrogen) atoms. The fourth-order valence-electron chi connectivity index (χ4n) is 3.00. The van der Waals surface area contributed by atoms with Crippen LogP contribution in [0.3, 0.4) is 0 Å². The molecule has 6 heteroatoms. The summed E-state index contributed by atoms with van der Waals surface area (Å²) in [5.41, 5.74) is 2.79. The molecule has 0 atom stereocenters. The van der Waals surface area contributed by atoms with E-state index in [-0.39, 0.29) is 5.91 Å². The van der Waals surface area contributed by atoms with E-state index in [1.807, 2.05) is 29.3 Å². The lowest BCUT2D eigenvalue weighted by Crippen LogP contribution is -2.38. The molecule has 0 radical (unpaired) electrons. The molecule has 4 rings (SSSR count). The Bertz CT molecular complexity index is 852. The largest absolute Gasteiger partial charge is 0.329 e. The smallest absolute Gasteiger partial charge is 0.255 e. The molecule has 0 N–H and O–H groups in total. The van der Waals surface area contributed by atoms with Crippen LogP contribution in [0.25, 0.3) is 10.6 Å². The number of aromatic nitrogens is 3. The number of nitrogens with zero attached hydrogens (tertiary/aromatic N) is 4. The summed E-state index contributed by atoms with van der Waals surface area (Å²) >= 11 is 1.71. The molecule has 1 amide bonds. The summed E-state index contributed by atoms with van der Waals surface area (Å²) in [6.45, 7) is 4.06. The zero-order chi connectivity index (χ0) is 16.5. The van der Waals surface area contributed by atoms with E-state index >= 15 is 0 Å². The van der Waals surface area contributed by atoms with Gasteiger partial charge in [0.25, 0.3) is 5.91 Å². The van der Waals surface area contributed by atoms with Gasteiger partial charge >= 0.3 is 0 Å². The monoisotopic (exact) mass is 338 g/mol. The number of rotatable bonds is 3. The first-order valence-electron chi connectivity index (χ1n) is 8.08. The van der Waals surface area contributed by atoms with Crippen molar-refractivity contribution in [2.75, 3.05) is 6.54 Å². The Balaban J connectivity index is 1.55. The number of fused-ring (bicyclic) bond motifs is 1. The molecule has 122 valence electrons. The van der Waals surface area contributed by atoms with Crippen molar-refractivity contribution in [1.29, 1.82) is 0 Å². The van der Waals surface area contributed by atoms with Crippen molar-refractivity contribution in [1.82, 2.24) is 19.4 Å². The van der Waals surface area contributed by atoms with Crippen LogP contribution < -0.4 is 0 Å². The number of hydrogen-bond donors (Lipinski definition) is 0. The van der Waals surface area contributed by atoms with Crippen molar-refractivity contribution in [3.8, 4) is 10.6 Å². The molecule has 0 aromatic carbocycles. The normalized spacial score (nSPS) is 13.8. The summed E-state index contributed by atoms with van der Waals surface area (Å²) < 4.78 is 2.22. The molecule has 0 unspecified atom stereocenters. The van der Waals surface area contributed by atoms with Crippen molar-refractivity contribution >= 4 is 17.2 Å². The van der Waals surface area contributed by atoms with Crippen LogP contribution in [0, 0.1) is 0 Å². The number of carbonyl (C=O) groups is 1. The zero-order valence-electron chi connectivity index (χ0n) is 13.5. The van der Waals surface area contributed by atoms with Gasteiger partial charge in [0.15, 0.2) is 0 Å². The van der Waals surface area contributed by atoms with E-state index in [0.717, 1.165) is 30.2 Å². The lowest BCUT2D eigenvalue weighted by Gasteiger charge is -2.28. The Morgan fingerprint density at radius 2 is 2.12 bits per heavy atom. The molecule has 0 bridgehead atoms. The highest BCUT2D eigenvalue weighted by Crippen LogP contribution is 2.28. The van der Waals surface area contributed by atoms with Crippen molar-refractivity contribution in [3.05, 3.63) is 59.1 Å². The first kappa shape index (κ1) is 15.1. The molecule has 0 saturated carbocycles. The predicted molar refractivity (Wildman–Crippen MR) is 93.9 cm³/mol. The van der Waals surface area contributed by atoms with Gasteiger partial charge in [-0.1, -0.05) is 13.0 Å². The molecule has 0 saturated heterocycles. The number of amides is 1. The number of carbonyl (C=O) groups excluding carboxylic acids is 1. The molecule has 0 fully saturated rings. The number of hydrogen-bond acceptors (Lipinski definition) is 4. The lowest BCUT2D eigenvalue weighted by atomic mass is 10.2. The van der Waals surface area contributed by atoms with Gasteiger partial charge in [-0.25, -0.2) is 4.98 Å². The van der Waals surface area contributed by atoms with Crippen molar-refractivity contribution in [3.63, 3.8) is 0 Å². The van der Waals surface area contributed by atoms with Gasteiger partial charge in [0.05, 0.1) is 28.9 Å². The SMILES string of the molecule is CCc1ccc(C(=O)N2CCn3c(-c4cccs4)cnc3C2)cn1. The molecular formula is C18H18N4OS. The van der Waals surface area contributed by atoms with Gasteiger partial charge in [-0.05, 0) is 30.0 Å². The van der Waals surface area contributed by atoms with E-state index < -0.39 is 0 Å². The summed E-state index contributed by atoms with van der Waals surface area (Å²) in [7, 11) is 0. The molecule has 3 aromatic heterocycles. The van der Waals surface area contributed by atoms with Crippen molar-refractivity contribution in [2.24, 2.45) is 0 Å². The third-order valence-corrected chi connectivity index (χ3v) is 5.25. The number of imidazole rings is 1. The second-order valence-electron chi connectivity index (χ2n) is 5.81. The van der Waals surface area contributed by atoms with Crippen LogP contribution in [0.15, 0.2) is 42.0 Å². The van der Waals surface area contributed by atoms with E-state index in [9.17, 15) is 4.79 Å². The highest BCUT2D eigenvalue weighted by atomic mass is 32.1. The molecule has 5 nitrogen and oxygen atoms in total. The van der Waals surface area contributed by atoms with Gasteiger partial charge < -0.3 is 9.47 Å². The Kier molecular flexibility index (Phi) is 3.90. The second kappa shape index (κ2) is 6.20. The van der Waals surface area contributed by atoms with Crippen molar-refractivity contribution < 1.29 is 4.79 Å². The highest BCUT2D eigenvalue weighted by molar-refractivity contribution is 7.13. The maximum Gasteiger partial charge on any atom is 0.255 e. The van der Waals surface area contributed by atoms with Crippen LogP contribution in [-0.2, 0) is 19.5 Å². The minimum absolute atomic E-state index is 0.0251. The van der Waals surface area contributed by atoms with Crippen molar-refractivity contribution in [2.45, 2.75) is 26.4 Å². The van der Waals surface area contributed by atoms with Crippen LogP contribution >= 0.6 is 11.3 Å². The summed E-state index contributed by atoms with van der Waals surface area (Å²) in [6.07, 6.45) is 4.47. The summed E-state index contributed by atoms with van der Waals surface area (Å²) in [4.78, 5) is 24.6. The Labute approximate surface area is 144 Å². The maximum absolute atomic E-state index is 12.7. The fourth-order valence-corrected chi connectivity index (χ4v) is 3.74. The fraction of sp³-hybridized carbons (Fsp3) is 0.278. The highest BCUT2D eigenvalue weighted by Gasteiger charge is 2.25. The van der Waals surface area contributed by atoms with Crippen LogP contribution in [-0.4, -0.2) is 31.9 Å². The minimum Gasteiger partial charge on any atom is -0.329 e. The summed E-state index contributed by atoms with van der Waals surface area (Å²) in [5, 5.41) is 2.07. The van der Waals surface area contributed by atoms with Crippen LogP contribution in [0.2, 0.25) is 0 Å². The molecule has 0 spiro atoms. The average Bonchev–Trinajstić information content (AvgIpc) is 3.29. The Morgan fingerprint density at radius 1 is 1.21 bits per heavy atom. The van der Waals surface area contributed by atoms with Gasteiger partial charge in [0, 0.05) is 25.0 Å². The average molecular weight is 338 g/mol. The van der Waals surface area contributed by atoms with E-state index in [4.69, 9.17) is 0 Å². The van der Waals surface area contributed by atoms with Crippen LogP contribution in [0.4, 0.5) is 0 Å². The third-order valence-electron chi connectivity index (χ3n) is 4.36. The summed E-state index contributed by atoms with van der Waals surface area (Å²) in [5.74, 6) is 0.966. The molecular weight excluding hydrogens is 320 g/mol. The third kappa shape index (κ3) is 2.63. The molecule has 3 aromatic rings. The van der Waals surface area contributed by atoms with Gasteiger partial charge in [0.2, 0.25) is 0 Å². The quantitative estimate of drug-likeness (QED) is 0.737. The number of aryl methyl sites for hydroxylation is 1. The topological polar surface area (TPSA) is 51.0 Å². The molecule has 1 aliphatic rings. The van der Waals surface area contributed by atoms with E-state index in [1.54, 1.807) is 17.5 Å². The van der Waals surface area contributed by atoms with E-state index in [1.165, 1.54) is 4.88 Å². The zero-order valence-corrected chi connectivity index (χ0v) is 14.3. The number of thiophene rings is 1. The van der Waals surface area contributed by atoms with Crippen LogP contribution in [0.1, 0.15) is 28.8 Å².